The summed E-state index contributed by atoms with van der Waals surface area (Å²) in [5, 5.41) is 0. The van der Waals surface area contributed by atoms with Crippen LogP contribution in [0.25, 0.3) is 0 Å². The predicted molar refractivity (Wildman–Crippen MR) is 98.6 cm³/mol. The Morgan fingerprint density at radius 1 is 1.22 bits per heavy atom. The van der Waals surface area contributed by atoms with Gasteiger partial charge in [-0.2, -0.15) is 4.31 Å². The fourth-order valence-electron chi connectivity index (χ4n) is 2.94. The molecule has 1 heterocycles. The molecule has 2 rings (SSSR count). The fourth-order valence-corrected chi connectivity index (χ4v) is 4.41. The minimum atomic E-state index is -4.04. The molecular formula is C18H25F2N3O3S. The Morgan fingerprint density at radius 3 is 2.37 bits per heavy atom. The van der Waals surface area contributed by atoms with E-state index in [1.54, 1.807) is 4.90 Å². The lowest BCUT2D eigenvalue weighted by molar-refractivity contribution is -0.132. The zero-order valence-corrected chi connectivity index (χ0v) is 16.4. The molecule has 0 bridgehead atoms. The highest BCUT2D eigenvalue weighted by atomic mass is 32.2. The Kier molecular flexibility index (Phi) is 7.07. The van der Waals surface area contributed by atoms with Crippen LogP contribution in [0.15, 0.2) is 35.2 Å². The van der Waals surface area contributed by atoms with Gasteiger partial charge in [-0.1, -0.05) is 12.2 Å². The maximum absolute atomic E-state index is 13.9. The van der Waals surface area contributed by atoms with Gasteiger partial charge in [0.05, 0.1) is 6.54 Å². The number of carbonyl (C=O) groups excluding carboxylic acids is 1. The number of rotatable bonds is 7. The Bertz CT molecular complexity index is 806. The number of halogens is 2. The van der Waals surface area contributed by atoms with Gasteiger partial charge in [0, 0.05) is 45.3 Å². The number of piperazine rings is 1. The van der Waals surface area contributed by atoms with Gasteiger partial charge in [-0.25, -0.2) is 17.2 Å². The van der Waals surface area contributed by atoms with Gasteiger partial charge in [-0.3, -0.25) is 9.69 Å². The van der Waals surface area contributed by atoms with Crippen LogP contribution in [0.4, 0.5) is 8.78 Å². The average molecular weight is 401 g/mol. The zero-order valence-electron chi connectivity index (χ0n) is 15.6. The molecule has 1 aliphatic heterocycles. The van der Waals surface area contributed by atoms with Crippen LogP contribution in [-0.2, 0) is 14.8 Å². The molecule has 0 saturated carbocycles. The van der Waals surface area contributed by atoms with Gasteiger partial charge in [-0.05, 0) is 26.0 Å². The molecule has 0 unspecified atom stereocenters. The summed E-state index contributed by atoms with van der Waals surface area (Å²) in [5.74, 6) is -1.97. The number of benzene rings is 1. The van der Waals surface area contributed by atoms with Crippen molar-refractivity contribution in [2.24, 2.45) is 0 Å². The van der Waals surface area contributed by atoms with Crippen molar-refractivity contribution in [2.45, 2.75) is 18.7 Å². The van der Waals surface area contributed by atoms with Crippen LogP contribution in [-0.4, -0.2) is 74.2 Å². The lowest BCUT2D eigenvalue weighted by Gasteiger charge is -2.34. The number of hydrogen-bond donors (Lipinski definition) is 0. The zero-order chi connectivity index (χ0) is 20.2. The normalized spacial score (nSPS) is 16.3. The van der Waals surface area contributed by atoms with Gasteiger partial charge < -0.3 is 4.90 Å². The first-order valence-electron chi connectivity index (χ1n) is 8.75. The molecule has 1 aromatic carbocycles. The molecule has 27 heavy (non-hydrogen) atoms. The standard InChI is InChI=1S/C18H25F2N3O3S/c1-4-22(12-14(2)3)18(24)13-21-7-9-23(10-8-21)27(25,26)17-6-5-15(19)11-16(17)20/h5-6,11H,2,4,7-10,12-13H2,1,3H3. The molecule has 0 spiro atoms. The summed E-state index contributed by atoms with van der Waals surface area (Å²) in [4.78, 5) is 15.4. The summed E-state index contributed by atoms with van der Waals surface area (Å²) in [7, 11) is -4.04. The number of likely N-dealkylation sites (N-methyl/N-ethyl adjacent to an activating group) is 1. The van der Waals surface area contributed by atoms with Crippen LogP contribution in [0, 0.1) is 11.6 Å². The van der Waals surface area contributed by atoms with E-state index < -0.39 is 26.6 Å². The van der Waals surface area contributed by atoms with E-state index >= 15 is 0 Å². The molecular weight excluding hydrogens is 376 g/mol. The molecule has 150 valence electrons. The molecule has 0 radical (unpaired) electrons. The molecule has 0 aliphatic carbocycles. The van der Waals surface area contributed by atoms with E-state index in [1.807, 2.05) is 18.7 Å². The Morgan fingerprint density at radius 2 is 1.85 bits per heavy atom. The number of sulfonamides is 1. The smallest absolute Gasteiger partial charge is 0.246 e. The van der Waals surface area contributed by atoms with Gasteiger partial charge in [0.2, 0.25) is 15.9 Å². The third-order valence-corrected chi connectivity index (χ3v) is 6.33. The molecule has 1 aromatic rings. The highest BCUT2D eigenvalue weighted by Crippen LogP contribution is 2.21. The first kappa shape index (κ1) is 21.5. The first-order chi connectivity index (χ1) is 12.6. The second-order valence-corrected chi connectivity index (χ2v) is 8.53. The van der Waals surface area contributed by atoms with Crippen molar-refractivity contribution in [3.63, 3.8) is 0 Å². The lowest BCUT2D eigenvalue weighted by Crippen LogP contribution is -2.51. The Labute approximate surface area is 159 Å². The number of amides is 1. The molecule has 1 fully saturated rings. The Balaban J connectivity index is 1.98. The van der Waals surface area contributed by atoms with Crippen molar-refractivity contribution in [3.8, 4) is 0 Å². The summed E-state index contributed by atoms with van der Waals surface area (Å²) in [6.07, 6.45) is 0. The summed E-state index contributed by atoms with van der Waals surface area (Å²) < 4.78 is 53.2. The molecule has 0 atom stereocenters. The third-order valence-electron chi connectivity index (χ3n) is 4.40. The second kappa shape index (κ2) is 8.90. The van der Waals surface area contributed by atoms with E-state index in [0.717, 1.165) is 22.0 Å². The van der Waals surface area contributed by atoms with Crippen molar-refractivity contribution in [2.75, 3.05) is 45.8 Å². The maximum Gasteiger partial charge on any atom is 0.246 e. The van der Waals surface area contributed by atoms with Crippen molar-refractivity contribution in [3.05, 3.63) is 42.0 Å². The van der Waals surface area contributed by atoms with Crippen molar-refractivity contribution >= 4 is 15.9 Å². The van der Waals surface area contributed by atoms with Crippen LogP contribution in [0.5, 0.6) is 0 Å². The van der Waals surface area contributed by atoms with Crippen LogP contribution in [0.2, 0.25) is 0 Å². The SMILES string of the molecule is C=C(C)CN(CC)C(=O)CN1CCN(S(=O)(=O)c2ccc(F)cc2F)CC1. The number of carbonyl (C=O) groups is 1. The molecule has 1 aliphatic rings. The number of nitrogens with zero attached hydrogens (tertiary/aromatic N) is 3. The summed E-state index contributed by atoms with van der Waals surface area (Å²) in [5.41, 5.74) is 0.891. The molecule has 1 amide bonds. The van der Waals surface area contributed by atoms with E-state index in [1.165, 1.54) is 0 Å². The summed E-state index contributed by atoms with van der Waals surface area (Å²) in [6.45, 7) is 9.82. The molecule has 9 heteroatoms. The predicted octanol–water partition coefficient (Wildman–Crippen LogP) is 1.70. The second-order valence-electron chi connectivity index (χ2n) is 6.62. The minimum Gasteiger partial charge on any atom is -0.338 e. The van der Waals surface area contributed by atoms with Gasteiger partial charge in [-0.15, -0.1) is 0 Å². The topological polar surface area (TPSA) is 60.9 Å². The molecule has 0 N–H and O–H groups in total. The molecule has 0 aromatic heterocycles. The summed E-state index contributed by atoms with van der Waals surface area (Å²) >= 11 is 0. The Hall–Kier alpha value is -1.84. The van der Waals surface area contributed by atoms with E-state index in [4.69, 9.17) is 0 Å². The van der Waals surface area contributed by atoms with Gasteiger partial charge >= 0.3 is 0 Å². The highest BCUT2D eigenvalue weighted by molar-refractivity contribution is 7.89. The van der Waals surface area contributed by atoms with Crippen LogP contribution >= 0.6 is 0 Å². The first-order valence-corrected chi connectivity index (χ1v) is 10.2. The highest BCUT2D eigenvalue weighted by Gasteiger charge is 2.31. The van der Waals surface area contributed by atoms with E-state index in [-0.39, 0.29) is 25.5 Å². The van der Waals surface area contributed by atoms with E-state index in [2.05, 4.69) is 6.58 Å². The van der Waals surface area contributed by atoms with Gasteiger partial charge in [0.25, 0.3) is 0 Å². The number of hydrogen-bond acceptors (Lipinski definition) is 4. The van der Waals surface area contributed by atoms with Crippen molar-refractivity contribution in [1.82, 2.24) is 14.1 Å². The maximum atomic E-state index is 13.9. The monoisotopic (exact) mass is 401 g/mol. The van der Waals surface area contributed by atoms with Gasteiger partial charge in [0.1, 0.15) is 16.5 Å². The van der Waals surface area contributed by atoms with Crippen molar-refractivity contribution < 1.29 is 22.0 Å². The largest absolute Gasteiger partial charge is 0.338 e. The quantitative estimate of drug-likeness (QED) is 0.653. The van der Waals surface area contributed by atoms with E-state index in [0.29, 0.717) is 32.2 Å². The van der Waals surface area contributed by atoms with Crippen molar-refractivity contribution in [1.29, 1.82) is 0 Å². The lowest BCUT2D eigenvalue weighted by atomic mass is 10.3. The fraction of sp³-hybridized carbons (Fsp3) is 0.500. The van der Waals surface area contributed by atoms with Crippen LogP contribution < -0.4 is 0 Å². The minimum absolute atomic E-state index is 0.0404. The third kappa shape index (κ3) is 5.33. The summed E-state index contributed by atoms with van der Waals surface area (Å²) in [6, 6.07) is 2.42. The van der Waals surface area contributed by atoms with E-state index in [9.17, 15) is 22.0 Å². The van der Waals surface area contributed by atoms with Crippen LogP contribution in [0.3, 0.4) is 0 Å². The molecule has 1 saturated heterocycles. The van der Waals surface area contributed by atoms with Crippen LogP contribution in [0.1, 0.15) is 13.8 Å². The molecule has 6 nitrogen and oxygen atoms in total. The van der Waals surface area contributed by atoms with Gasteiger partial charge in [0.15, 0.2) is 0 Å². The average Bonchev–Trinajstić information content (AvgIpc) is 2.59.